The molecule has 0 spiro atoms. The van der Waals surface area contributed by atoms with E-state index in [4.69, 9.17) is 37.4 Å². The van der Waals surface area contributed by atoms with Gasteiger partial charge in [0.05, 0.1) is 26.7 Å². The lowest BCUT2D eigenvalue weighted by Crippen LogP contribution is -2.01. The summed E-state index contributed by atoms with van der Waals surface area (Å²) in [5.41, 5.74) is 1.67. The standard InChI is InChI=1S/C16H16Cl2O3/c1-19-13-8-7-12(15(20-2)16(13)21-3)14(18)10-5-4-6-11(17)9-10/h4-9,14H,1-3H3. The van der Waals surface area contributed by atoms with Crippen molar-refractivity contribution in [3.8, 4) is 17.2 Å². The molecule has 0 saturated carbocycles. The lowest BCUT2D eigenvalue weighted by Gasteiger charge is -2.19. The molecule has 0 aliphatic carbocycles. The lowest BCUT2D eigenvalue weighted by atomic mass is 10.0. The van der Waals surface area contributed by atoms with Crippen molar-refractivity contribution in [1.29, 1.82) is 0 Å². The van der Waals surface area contributed by atoms with E-state index in [1.165, 1.54) is 0 Å². The third-order valence-electron chi connectivity index (χ3n) is 3.15. The highest BCUT2D eigenvalue weighted by atomic mass is 35.5. The maximum atomic E-state index is 6.58. The number of alkyl halides is 1. The van der Waals surface area contributed by atoms with Gasteiger partial charge in [0.15, 0.2) is 11.5 Å². The Kier molecular flexibility index (Phi) is 5.21. The molecule has 0 bridgehead atoms. The predicted octanol–water partition coefficient (Wildman–Crippen LogP) is 4.69. The molecule has 3 nitrogen and oxygen atoms in total. The van der Waals surface area contributed by atoms with E-state index in [9.17, 15) is 0 Å². The normalized spacial score (nSPS) is 11.9. The van der Waals surface area contributed by atoms with Gasteiger partial charge in [-0.3, -0.25) is 0 Å². The summed E-state index contributed by atoms with van der Waals surface area (Å²) in [6, 6.07) is 11.1. The second-order valence-corrected chi connectivity index (χ2v) is 5.21. The monoisotopic (exact) mass is 326 g/mol. The van der Waals surface area contributed by atoms with Gasteiger partial charge in [-0.15, -0.1) is 11.6 Å². The first kappa shape index (κ1) is 15.8. The van der Waals surface area contributed by atoms with Crippen molar-refractivity contribution in [2.75, 3.05) is 21.3 Å². The second-order valence-electron chi connectivity index (χ2n) is 4.34. The summed E-state index contributed by atoms with van der Waals surface area (Å²) in [6.07, 6.45) is 0. The highest BCUT2D eigenvalue weighted by Gasteiger charge is 2.22. The van der Waals surface area contributed by atoms with Gasteiger partial charge >= 0.3 is 0 Å². The van der Waals surface area contributed by atoms with Crippen molar-refractivity contribution in [1.82, 2.24) is 0 Å². The molecule has 0 amide bonds. The van der Waals surface area contributed by atoms with Crippen LogP contribution < -0.4 is 14.2 Å². The molecule has 0 radical (unpaired) electrons. The van der Waals surface area contributed by atoms with Gasteiger partial charge in [0.25, 0.3) is 0 Å². The molecule has 21 heavy (non-hydrogen) atoms. The number of ether oxygens (including phenoxy) is 3. The van der Waals surface area contributed by atoms with Crippen LogP contribution in [0.3, 0.4) is 0 Å². The van der Waals surface area contributed by atoms with Gasteiger partial charge in [-0.1, -0.05) is 23.7 Å². The van der Waals surface area contributed by atoms with Crippen LogP contribution in [0, 0.1) is 0 Å². The van der Waals surface area contributed by atoms with Crippen LogP contribution >= 0.6 is 23.2 Å². The predicted molar refractivity (Wildman–Crippen MR) is 85.2 cm³/mol. The van der Waals surface area contributed by atoms with Crippen molar-refractivity contribution >= 4 is 23.2 Å². The fourth-order valence-electron chi connectivity index (χ4n) is 2.17. The average molecular weight is 327 g/mol. The lowest BCUT2D eigenvalue weighted by molar-refractivity contribution is 0.322. The molecule has 2 rings (SSSR count). The minimum Gasteiger partial charge on any atom is -0.493 e. The highest BCUT2D eigenvalue weighted by Crippen LogP contribution is 2.45. The van der Waals surface area contributed by atoms with Crippen LogP contribution in [0.15, 0.2) is 36.4 Å². The zero-order chi connectivity index (χ0) is 15.4. The topological polar surface area (TPSA) is 27.7 Å². The van der Waals surface area contributed by atoms with E-state index in [2.05, 4.69) is 0 Å². The van der Waals surface area contributed by atoms with Gasteiger partial charge in [-0.2, -0.15) is 0 Å². The molecular weight excluding hydrogens is 311 g/mol. The van der Waals surface area contributed by atoms with Gasteiger partial charge < -0.3 is 14.2 Å². The van der Waals surface area contributed by atoms with Crippen LogP contribution in [0.5, 0.6) is 17.2 Å². The van der Waals surface area contributed by atoms with Gasteiger partial charge in [-0.05, 0) is 29.8 Å². The summed E-state index contributed by atoms with van der Waals surface area (Å²) in [5, 5.41) is 0.232. The number of hydrogen-bond donors (Lipinski definition) is 0. The third-order valence-corrected chi connectivity index (χ3v) is 3.87. The van der Waals surface area contributed by atoms with Crippen LogP contribution in [0.4, 0.5) is 0 Å². The van der Waals surface area contributed by atoms with E-state index < -0.39 is 5.38 Å². The van der Waals surface area contributed by atoms with Gasteiger partial charge in [0.1, 0.15) is 0 Å². The van der Waals surface area contributed by atoms with E-state index in [-0.39, 0.29) is 0 Å². The second kappa shape index (κ2) is 6.92. The number of benzene rings is 2. The van der Waals surface area contributed by atoms with Gasteiger partial charge in [0.2, 0.25) is 5.75 Å². The van der Waals surface area contributed by atoms with Crippen LogP contribution in [0.2, 0.25) is 5.02 Å². The molecule has 0 aromatic heterocycles. The first-order valence-corrected chi connectivity index (χ1v) is 7.12. The smallest absolute Gasteiger partial charge is 0.203 e. The Morgan fingerprint density at radius 2 is 1.62 bits per heavy atom. The highest BCUT2D eigenvalue weighted by molar-refractivity contribution is 6.31. The third kappa shape index (κ3) is 3.20. The minimum atomic E-state index is -0.404. The van der Waals surface area contributed by atoms with Crippen LogP contribution in [0.25, 0.3) is 0 Å². The summed E-state index contributed by atoms with van der Waals surface area (Å²) in [7, 11) is 4.71. The van der Waals surface area contributed by atoms with Crippen molar-refractivity contribution < 1.29 is 14.2 Å². The zero-order valence-electron chi connectivity index (χ0n) is 12.0. The summed E-state index contributed by atoms with van der Waals surface area (Å²) in [4.78, 5) is 0. The molecule has 0 N–H and O–H groups in total. The van der Waals surface area contributed by atoms with Crippen molar-refractivity contribution in [2.24, 2.45) is 0 Å². The van der Waals surface area contributed by atoms with Crippen molar-refractivity contribution in [3.63, 3.8) is 0 Å². The molecule has 2 aromatic rings. The fraction of sp³-hybridized carbons (Fsp3) is 0.250. The number of methoxy groups -OCH3 is 3. The molecule has 1 atom stereocenters. The number of hydrogen-bond acceptors (Lipinski definition) is 3. The Hall–Kier alpha value is -1.58. The van der Waals surface area contributed by atoms with Crippen LogP contribution in [-0.4, -0.2) is 21.3 Å². The summed E-state index contributed by atoms with van der Waals surface area (Å²) >= 11 is 12.6. The van der Waals surface area contributed by atoms with Gasteiger partial charge in [-0.25, -0.2) is 0 Å². The zero-order valence-corrected chi connectivity index (χ0v) is 13.5. The Labute approximate surface area is 134 Å². The van der Waals surface area contributed by atoms with E-state index in [0.717, 1.165) is 11.1 Å². The first-order valence-electron chi connectivity index (χ1n) is 6.30. The van der Waals surface area contributed by atoms with E-state index in [1.54, 1.807) is 33.5 Å². The molecule has 0 saturated heterocycles. The fourth-order valence-corrected chi connectivity index (χ4v) is 2.67. The molecule has 5 heteroatoms. The Balaban J connectivity index is 2.53. The van der Waals surface area contributed by atoms with Crippen LogP contribution in [0.1, 0.15) is 16.5 Å². The van der Waals surface area contributed by atoms with E-state index in [1.807, 2.05) is 24.3 Å². The van der Waals surface area contributed by atoms with Gasteiger partial charge in [0, 0.05) is 10.6 Å². The first-order chi connectivity index (χ1) is 10.1. The maximum Gasteiger partial charge on any atom is 0.203 e. The molecule has 1 unspecified atom stereocenters. The SMILES string of the molecule is COc1ccc(C(Cl)c2cccc(Cl)c2)c(OC)c1OC. The largest absolute Gasteiger partial charge is 0.493 e. The average Bonchev–Trinajstić information content (AvgIpc) is 2.52. The van der Waals surface area contributed by atoms with E-state index >= 15 is 0 Å². The van der Waals surface area contributed by atoms with Crippen LogP contribution in [-0.2, 0) is 0 Å². The molecule has 0 aliphatic rings. The molecule has 0 heterocycles. The Morgan fingerprint density at radius 1 is 0.905 bits per heavy atom. The summed E-state index contributed by atoms with van der Waals surface area (Å²) in [5.74, 6) is 1.66. The molecule has 0 fully saturated rings. The molecule has 2 aromatic carbocycles. The number of halogens is 2. The minimum absolute atomic E-state index is 0.404. The molecule has 0 aliphatic heterocycles. The molecular formula is C16H16Cl2O3. The maximum absolute atomic E-state index is 6.58. The van der Waals surface area contributed by atoms with E-state index in [0.29, 0.717) is 22.3 Å². The van der Waals surface area contributed by atoms with Crippen molar-refractivity contribution in [3.05, 3.63) is 52.5 Å². The Bertz CT molecular complexity index is 629. The Morgan fingerprint density at radius 3 is 2.19 bits per heavy atom. The summed E-state index contributed by atoms with van der Waals surface area (Å²) < 4.78 is 16.1. The molecule has 112 valence electrons. The number of rotatable bonds is 5. The summed E-state index contributed by atoms with van der Waals surface area (Å²) in [6.45, 7) is 0. The van der Waals surface area contributed by atoms with Crippen molar-refractivity contribution in [2.45, 2.75) is 5.38 Å². The quantitative estimate of drug-likeness (QED) is 0.746.